The predicted octanol–water partition coefficient (Wildman–Crippen LogP) is 6.78. The summed E-state index contributed by atoms with van der Waals surface area (Å²) in [6, 6.07) is 0.201. The first-order chi connectivity index (χ1) is 17.9. The van der Waals surface area contributed by atoms with E-state index in [0.717, 1.165) is 38.8 Å². The maximum absolute atomic E-state index is 13.1. The summed E-state index contributed by atoms with van der Waals surface area (Å²) in [5.41, 5.74) is -2.03. The lowest BCUT2D eigenvalue weighted by Crippen LogP contribution is -2.62. The Morgan fingerprint density at radius 3 is 1.26 bits per heavy atom. The molecule has 9 nitrogen and oxygen atoms in total. The molecule has 2 aliphatic rings. The van der Waals surface area contributed by atoms with Gasteiger partial charge in [-0.15, -0.1) is 0 Å². The van der Waals surface area contributed by atoms with E-state index in [2.05, 4.69) is 33.6 Å². The molecule has 0 N–H and O–H groups in total. The Morgan fingerprint density at radius 2 is 0.974 bits per heavy atom. The van der Waals surface area contributed by atoms with Gasteiger partial charge >= 0.3 is 0 Å². The first-order valence-electron chi connectivity index (χ1n) is 14.8. The zero-order chi connectivity index (χ0) is 29.4. The smallest absolute Gasteiger partial charge is 0.231 e. The van der Waals surface area contributed by atoms with Crippen molar-refractivity contribution in [2.75, 3.05) is 22.9 Å². The summed E-state index contributed by atoms with van der Waals surface area (Å²) in [4.78, 5) is 18.9. The Morgan fingerprint density at radius 1 is 0.667 bits per heavy atom. The zero-order valence-corrected chi connectivity index (χ0v) is 26.8. The van der Waals surface area contributed by atoms with Gasteiger partial charge in [0.05, 0.1) is 0 Å². The van der Waals surface area contributed by atoms with Crippen LogP contribution < -0.4 is 9.80 Å². The number of unbranched alkanes of at least 4 members (excludes halogenated alkanes) is 2. The maximum atomic E-state index is 13.1. The average Bonchev–Trinajstić information content (AvgIpc) is 2.80. The van der Waals surface area contributed by atoms with Crippen LogP contribution in [0.1, 0.15) is 121 Å². The summed E-state index contributed by atoms with van der Waals surface area (Å²) < 4.78 is 0. The normalized spacial score (nSPS) is 23.6. The van der Waals surface area contributed by atoms with Crippen LogP contribution in [0.25, 0.3) is 0 Å². The van der Waals surface area contributed by atoms with Crippen LogP contribution in [-0.4, -0.2) is 72.4 Å². The number of rotatable bonds is 10. The molecule has 10 heteroatoms. The van der Waals surface area contributed by atoms with Gasteiger partial charge in [0.15, 0.2) is 0 Å². The Bertz CT molecular complexity index is 863. The van der Waals surface area contributed by atoms with Crippen molar-refractivity contribution in [1.29, 1.82) is 0 Å². The van der Waals surface area contributed by atoms with Crippen LogP contribution in [0.15, 0.2) is 0 Å². The van der Waals surface area contributed by atoms with Crippen molar-refractivity contribution in [3.05, 3.63) is 15.7 Å². The van der Waals surface area contributed by atoms with Crippen LogP contribution in [0.4, 0.5) is 11.9 Å². The summed E-state index contributed by atoms with van der Waals surface area (Å²) in [5.74, 6) is 1.16. The maximum Gasteiger partial charge on any atom is 0.231 e. The Kier molecular flexibility index (Phi) is 9.86. The molecule has 0 atom stereocenters. The van der Waals surface area contributed by atoms with Gasteiger partial charge in [0.2, 0.25) is 17.2 Å². The van der Waals surface area contributed by atoms with Crippen molar-refractivity contribution < 1.29 is 0 Å². The van der Waals surface area contributed by atoms with Crippen LogP contribution >= 0.6 is 11.6 Å². The van der Waals surface area contributed by atoms with Gasteiger partial charge in [-0.3, -0.25) is 0 Å². The molecule has 0 amide bonds. The van der Waals surface area contributed by atoms with Gasteiger partial charge in [0.25, 0.3) is 0 Å². The van der Waals surface area contributed by atoms with Gasteiger partial charge in [-0.2, -0.15) is 15.0 Å². The van der Waals surface area contributed by atoms with Crippen LogP contribution in [0.2, 0.25) is 5.28 Å². The molecule has 2 fully saturated rings. The number of hydrogen-bond donors (Lipinski definition) is 0. The van der Waals surface area contributed by atoms with Gasteiger partial charge in [-0.25, -0.2) is 0 Å². The first-order valence-corrected chi connectivity index (χ1v) is 15.2. The lowest BCUT2D eigenvalue weighted by atomic mass is 9.78. The molecule has 39 heavy (non-hydrogen) atoms. The molecule has 0 radical (unpaired) electrons. The fraction of sp³-hybridized carbons (Fsp3) is 0.897. The van der Waals surface area contributed by atoms with Crippen molar-refractivity contribution in [3.8, 4) is 0 Å². The highest BCUT2D eigenvalue weighted by Crippen LogP contribution is 2.42. The molecule has 1 aromatic rings. The quantitative estimate of drug-likeness (QED) is 0.304. The first kappa shape index (κ1) is 32.3. The van der Waals surface area contributed by atoms with E-state index in [9.17, 15) is 10.4 Å². The monoisotopic (exact) mass is 565 g/mol. The van der Waals surface area contributed by atoms with E-state index in [4.69, 9.17) is 16.6 Å². The third-order valence-electron chi connectivity index (χ3n) is 8.62. The molecule has 0 aliphatic carbocycles. The highest BCUT2D eigenvalue weighted by molar-refractivity contribution is 6.28. The second-order valence-electron chi connectivity index (χ2n) is 14.3. The minimum atomic E-state index is -0.507. The molecule has 2 saturated heterocycles. The van der Waals surface area contributed by atoms with Crippen LogP contribution in [-0.2, 0) is 0 Å². The van der Waals surface area contributed by atoms with Crippen molar-refractivity contribution in [2.45, 2.75) is 155 Å². The molecule has 0 aromatic carbocycles. The lowest BCUT2D eigenvalue weighted by Gasteiger charge is -2.61. The van der Waals surface area contributed by atoms with Gasteiger partial charge in [0.1, 0.15) is 0 Å². The molecule has 0 bridgehead atoms. The molecule has 1 aromatic heterocycles. The summed E-state index contributed by atoms with van der Waals surface area (Å²) in [6.07, 6.45) is 6.91. The lowest BCUT2D eigenvalue weighted by molar-refractivity contribution is 0.00720. The SMILES string of the molecule is CCCCN(c1nc(Cl)nc(N(CCCC)C2CC(C)(C)N([O-])C(C)(C)C2)n1)C1CC(C)(C)N([O-])C(C)(C)C1. The summed E-state index contributed by atoms with van der Waals surface area (Å²) in [7, 11) is 0. The number of nitrogens with zero attached hydrogens (tertiary/aromatic N) is 7. The van der Waals surface area contributed by atoms with Crippen LogP contribution in [0, 0.1) is 10.4 Å². The number of anilines is 2. The van der Waals surface area contributed by atoms with E-state index in [1.165, 1.54) is 10.1 Å². The number of aromatic nitrogens is 3. The van der Waals surface area contributed by atoms with E-state index in [0.29, 0.717) is 37.6 Å². The second kappa shape index (κ2) is 11.9. The summed E-state index contributed by atoms with van der Waals surface area (Å²) >= 11 is 6.62. The van der Waals surface area contributed by atoms with E-state index in [1.54, 1.807) is 0 Å². The predicted molar refractivity (Wildman–Crippen MR) is 162 cm³/mol. The molecule has 0 unspecified atom stereocenters. The number of piperidine rings is 2. The fourth-order valence-electron chi connectivity index (χ4n) is 7.00. The van der Waals surface area contributed by atoms with Crippen molar-refractivity contribution in [3.63, 3.8) is 0 Å². The standard InChI is InChI=1S/C29H52ClN7O2/c1-11-13-15-34(21-17-26(3,4)36(38)27(5,6)18-21)24-31-23(30)32-25(33-24)35(16-14-12-2)22-19-28(7,8)37(39)29(9,10)20-22/h21-22H,11-20H2,1-10H3/q-2. The largest absolute Gasteiger partial charge is 0.784 e. The van der Waals surface area contributed by atoms with Gasteiger partial charge in [0, 0.05) is 47.3 Å². The third-order valence-corrected chi connectivity index (χ3v) is 8.79. The Balaban J connectivity index is 2.04. The molecular weight excluding hydrogens is 514 g/mol. The highest BCUT2D eigenvalue weighted by atomic mass is 35.5. The Labute approximate surface area is 241 Å². The van der Waals surface area contributed by atoms with Gasteiger partial charge in [-0.05, 0) is 106 Å². The van der Waals surface area contributed by atoms with E-state index in [1.807, 2.05) is 55.4 Å². The minimum Gasteiger partial charge on any atom is -0.784 e. The average molecular weight is 566 g/mol. The molecule has 3 heterocycles. The van der Waals surface area contributed by atoms with E-state index in [-0.39, 0.29) is 17.4 Å². The fourth-order valence-corrected chi connectivity index (χ4v) is 7.15. The third kappa shape index (κ3) is 7.15. The van der Waals surface area contributed by atoms with Gasteiger partial charge in [-0.1, -0.05) is 26.7 Å². The topological polar surface area (TPSA) is 97.8 Å². The minimum absolute atomic E-state index is 0.101. The molecule has 0 saturated carbocycles. The van der Waals surface area contributed by atoms with Crippen LogP contribution in [0.5, 0.6) is 0 Å². The number of hydrogen-bond acceptors (Lipinski definition) is 9. The van der Waals surface area contributed by atoms with E-state index >= 15 is 0 Å². The molecule has 3 rings (SSSR count). The summed E-state index contributed by atoms with van der Waals surface area (Å²) in [6.45, 7) is 22.1. The van der Waals surface area contributed by atoms with Crippen molar-refractivity contribution in [2.24, 2.45) is 0 Å². The second-order valence-corrected chi connectivity index (χ2v) is 14.6. The Hall–Kier alpha value is -1.26. The van der Waals surface area contributed by atoms with Crippen LogP contribution in [0.3, 0.4) is 0 Å². The summed E-state index contributed by atoms with van der Waals surface area (Å²) in [5, 5.41) is 28.9. The number of halogens is 1. The van der Waals surface area contributed by atoms with Crippen molar-refractivity contribution >= 4 is 23.5 Å². The molecule has 2 aliphatic heterocycles. The highest BCUT2D eigenvalue weighted by Gasteiger charge is 2.44. The molecular formula is C29H52ClN7O2-2. The van der Waals surface area contributed by atoms with Crippen molar-refractivity contribution in [1.82, 2.24) is 25.1 Å². The molecule has 224 valence electrons. The zero-order valence-electron chi connectivity index (χ0n) is 26.1. The van der Waals surface area contributed by atoms with Gasteiger partial charge < -0.3 is 30.3 Å². The number of hydroxylamine groups is 4. The van der Waals surface area contributed by atoms with E-state index < -0.39 is 22.2 Å². The molecule has 0 spiro atoms.